The molecule has 0 aliphatic rings. The minimum atomic E-state index is -0.832. The first-order valence-corrected chi connectivity index (χ1v) is 5.58. The van der Waals surface area contributed by atoms with E-state index in [1.165, 1.54) is 12.4 Å². The van der Waals surface area contributed by atoms with Gasteiger partial charge in [-0.1, -0.05) is 11.6 Å². The van der Waals surface area contributed by atoms with Crippen molar-refractivity contribution in [3.05, 3.63) is 57.4 Å². The summed E-state index contributed by atoms with van der Waals surface area (Å²) in [5.74, 6) is -0.832. The average molecular weight is 283 g/mol. The maximum atomic E-state index is 13.2. The lowest BCUT2D eigenvalue weighted by molar-refractivity contribution is -0.384. The number of aromatic nitrogens is 2. The predicted molar refractivity (Wildman–Crippen MR) is 67.4 cm³/mol. The van der Waals surface area contributed by atoms with Crippen molar-refractivity contribution >= 4 is 23.0 Å². The van der Waals surface area contributed by atoms with Crippen LogP contribution in [0.4, 0.5) is 15.8 Å². The van der Waals surface area contributed by atoms with Gasteiger partial charge in [-0.05, 0) is 12.1 Å². The molecule has 0 bridgehead atoms. The van der Waals surface area contributed by atoms with Crippen LogP contribution in [0.2, 0.25) is 5.02 Å². The van der Waals surface area contributed by atoms with E-state index < -0.39 is 10.7 Å². The zero-order valence-electron chi connectivity index (χ0n) is 9.51. The fourth-order valence-corrected chi connectivity index (χ4v) is 1.60. The van der Waals surface area contributed by atoms with E-state index in [9.17, 15) is 14.5 Å². The van der Waals surface area contributed by atoms with Crippen molar-refractivity contribution in [2.45, 2.75) is 6.54 Å². The Morgan fingerprint density at radius 2 is 2.26 bits per heavy atom. The van der Waals surface area contributed by atoms with Crippen LogP contribution in [0, 0.1) is 15.9 Å². The van der Waals surface area contributed by atoms with Gasteiger partial charge in [0.2, 0.25) is 0 Å². The first-order valence-electron chi connectivity index (χ1n) is 5.20. The largest absolute Gasteiger partial charge is 0.374 e. The van der Waals surface area contributed by atoms with Gasteiger partial charge in [-0.15, -0.1) is 0 Å². The quantitative estimate of drug-likeness (QED) is 0.689. The molecule has 6 nitrogen and oxygen atoms in total. The Bertz CT molecular complexity index is 609. The van der Waals surface area contributed by atoms with E-state index in [4.69, 9.17) is 11.6 Å². The molecule has 0 radical (unpaired) electrons. The fourth-order valence-electron chi connectivity index (χ4n) is 1.44. The average Bonchev–Trinajstić information content (AvgIpc) is 2.40. The smallest absolute Gasteiger partial charge is 0.295 e. The summed E-state index contributed by atoms with van der Waals surface area (Å²) < 4.78 is 13.2. The number of halogens is 2. The van der Waals surface area contributed by atoms with Gasteiger partial charge in [-0.25, -0.2) is 14.4 Å². The maximum Gasteiger partial charge on any atom is 0.295 e. The molecule has 0 saturated carbocycles. The highest BCUT2D eigenvalue weighted by Crippen LogP contribution is 2.30. The Kier molecular flexibility index (Phi) is 3.86. The molecular formula is C11H8ClFN4O2. The molecule has 0 saturated heterocycles. The second kappa shape index (κ2) is 5.57. The third-order valence-electron chi connectivity index (χ3n) is 2.34. The number of hydrogen-bond acceptors (Lipinski definition) is 5. The van der Waals surface area contributed by atoms with E-state index in [0.29, 0.717) is 5.69 Å². The van der Waals surface area contributed by atoms with Crippen molar-refractivity contribution in [2.75, 3.05) is 5.32 Å². The molecule has 0 aliphatic carbocycles. The summed E-state index contributed by atoms with van der Waals surface area (Å²) in [6, 6.07) is 3.62. The first-order chi connectivity index (χ1) is 9.08. The lowest BCUT2D eigenvalue weighted by Crippen LogP contribution is -2.04. The second-order valence-corrected chi connectivity index (χ2v) is 4.00. The lowest BCUT2D eigenvalue weighted by atomic mass is 10.2. The molecule has 1 aromatic carbocycles. The van der Waals surface area contributed by atoms with E-state index in [1.54, 1.807) is 12.3 Å². The zero-order chi connectivity index (χ0) is 13.8. The summed E-state index contributed by atoms with van der Waals surface area (Å²) in [6.07, 6.45) is 2.92. The Hall–Kier alpha value is -2.28. The van der Waals surface area contributed by atoms with Crippen LogP contribution in [-0.2, 0) is 6.54 Å². The molecular weight excluding hydrogens is 275 g/mol. The van der Waals surface area contributed by atoms with Gasteiger partial charge < -0.3 is 5.32 Å². The Morgan fingerprint density at radius 3 is 2.89 bits per heavy atom. The summed E-state index contributed by atoms with van der Waals surface area (Å²) in [6.45, 7) is 0.241. The fraction of sp³-hybridized carbons (Fsp3) is 0.0909. The summed E-state index contributed by atoms with van der Waals surface area (Å²) in [5, 5.41) is 13.4. The number of nitro benzene ring substituents is 1. The van der Waals surface area contributed by atoms with E-state index in [-0.39, 0.29) is 22.9 Å². The highest BCUT2D eigenvalue weighted by molar-refractivity contribution is 6.31. The van der Waals surface area contributed by atoms with Crippen molar-refractivity contribution in [3.63, 3.8) is 0 Å². The highest BCUT2D eigenvalue weighted by atomic mass is 35.5. The molecule has 0 spiro atoms. The zero-order valence-corrected chi connectivity index (χ0v) is 10.3. The van der Waals surface area contributed by atoms with E-state index in [2.05, 4.69) is 15.3 Å². The van der Waals surface area contributed by atoms with Crippen LogP contribution in [0.25, 0.3) is 0 Å². The maximum absolute atomic E-state index is 13.2. The number of anilines is 1. The Labute approximate surface area is 112 Å². The molecule has 1 heterocycles. The summed E-state index contributed by atoms with van der Waals surface area (Å²) in [7, 11) is 0. The lowest BCUT2D eigenvalue weighted by Gasteiger charge is -2.07. The predicted octanol–water partition coefficient (Wildman–Crippen LogP) is 2.79. The van der Waals surface area contributed by atoms with Crippen LogP contribution in [-0.4, -0.2) is 14.9 Å². The number of benzene rings is 1. The van der Waals surface area contributed by atoms with Gasteiger partial charge in [0.1, 0.15) is 17.8 Å². The molecule has 1 aromatic heterocycles. The van der Waals surface area contributed by atoms with Crippen molar-refractivity contribution in [1.29, 1.82) is 0 Å². The number of rotatable bonds is 4. The standard InChI is InChI=1S/C11H8ClFN4O2/c12-8-3-10(11(17(18)19)4-9(8)13)15-5-7-1-2-14-6-16-7/h1-4,6,15H,5H2. The van der Waals surface area contributed by atoms with Crippen molar-refractivity contribution in [1.82, 2.24) is 9.97 Å². The summed E-state index contributed by atoms with van der Waals surface area (Å²) in [4.78, 5) is 17.9. The normalized spacial score (nSPS) is 10.2. The molecule has 19 heavy (non-hydrogen) atoms. The molecule has 98 valence electrons. The Balaban J connectivity index is 2.24. The molecule has 0 unspecified atom stereocenters. The number of nitro groups is 1. The molecule has 1 N–H and O–H groups in total. The minimum Gasteiger partial charge on any atom is -0.374 e. The molecule has 0 fully saturated rings. The summed E-state index contributed by atoms with van der Waals surface area (Å²) >= 11 is 5.61. The molecule has 0 amide bonds. The van der Waals surface area contributed by atoms with Crippen LogP contribution in [0.3, 0.4) is 0 Å². The topological polar surface area (TPSA) is 81.0 Å². The summed E-state index contributed by atoms with van der Waals surface area (Å²) in [5.41, 5.74) is 0.399. The number of hydrogen-bond donors (Lipinski definition) is 1. The number of nitrogens with zero attached hydrogens (tertiary/aromatic N) is 3. The van der Waals surface area contributed by atoms with Crippen molar-refractivity contribution in [2.24, 2.45) is 0 Å². The van der Waals surface area contributed by atoms with Crippen LogP contribution in [0.1, 0.15) is 5.69 Å². The first kappa shape index (κ1) is 13.2. The monoisotopic (exact) mass is 282 g/mol. The van der Waals surface area contributed by atoms with Crippen LogP contribution in [0.5, 0.6) is 0 Å². The van der Waals surface area contributed by atoms with Crippen LogP contribution < -0.4 is 5.32 Å². The van der Waals surface area contributed by atoms with Crippen LogP contribution >= 0.6 is 11.6 Å². The van der Waals surface area contributed by atoms with Gasteiger partial charge in [0.05, 0.1) is 28.3 Å². The third-order valence-corrected chi connectivity index (χ3v) is 2.63. The van der Waals surface area contributed by atoms with Gasteiger partial charge in [-0.3, -0.25) is 10.1 Å². The minimum absolute atomic E-state index is 0.134. The van der Waals surface area contributed by atoms with Crippen LogP contribution in [0.15, 0.2) is 30.7 Å². The van der Waals surface area contributed by atoms with E-state index in [0.717, 1.165) is 6.07 Å². The van der Waals surface area contributed by atoms with E-state index >= 15 is 0 Å². The SMILES string of the molecule is O=[N+]([O-])c1cc(F)c(Cl)cc1NCc1ccncn1. The molecule has 0 aliphatic heterocycles. The van der Waals surface area contributed by atoms with Gasteiger partial charge in [0.25, 0.3) is 5.69 Å². The molecule has 0 atom stereocenters. The van der Waals surface area contributed by atoms with Gasteiger partial charge in [0.15, 0.2) is 0 Å². The van der Waals surface area contributed by atoms with Gasteiger partial charge in [0, 0.05) is 6.20 Å². The Morgan fingerprint density at radius 1 is 1.47 bits per heavy atom. The van der Waals surface area contributed by atoms with Crippen molar-refractivity contribution in [3.8, 4) is 0 Å². The number of nitrogens with one attached hydrogen (secondary N) is 1. The van der Waals surface area contributed by atoms with E-state index in [1.807, 2.05) is 0 Å². The second-order valence-electron chi connectivity index (χ2n) is 3.59. The highest BCUT2D eigenvalue weighted by Gasteiger charge is 2.17. The molecule has 2 aromatic rings. The van der Waals surface area contributed by atoms with Gasteiger partial charge in [-0.2, -0.15) is 0 Å². The molecule has 2 rings (SSSR count). The van der Waals surface area contributed by atoms with Gasteiger partial charge >= 0.3 is 0 Å². The molecule has 8 heteroatoms. The van der Waals surface area contributed by atoms with Crippen molar-refractivity contribution < 1.29 is 9.31 Å². The third kappa shape index (κ3) is 3.14.